The molecule has 1 fully saturated rings. The Morgan fingerprint density at radius 3 is 2.69 bits per heavy atom. The molecule has 9 heteroatoms. The zero-order valence-corrected chi connectivity index (χ0v) is 21.4. The maximum absolute atomic E-state index is 12.3. The van der Waals surface area contributed by atoms with Gasteiger partial charge in [0.05, 0.1) is 24.0 Å². The van der Waals surface area contributed by atoms with Crippen LogP contribution in [0.1, 0.15) is 57.7 Å². The van der Waals surface area contributed by atoms with E-state index < -0.39 is 5.54 Å². The van der Waals surface area contributed by atoms with Crippen molar-refractivity contribution in [2.75, 3.05) is 26.7 Å². The summed E-state index contributed by atoms with van der Waals surface area (Å²) in [4.78, 5) is 28.3. The van der Waals surface area contributed by atoms with Gasteiger partial charge in [-0.25, -0.2) is 9.98 Å². The summed E-state index contributed by atoms with van der Waals surface area (Å²) in [5.41, 5.74) is 8.00. The molecule has 3 heterocycles. The maximum atomic E-state index is 12.3. The minimum atomic E-state index is -0.503. The topological polar surface area (TPSA) is 110 Å². The molecule has 1 saturated heterocycles. The van der Waals surface area contributed by atoms with Gasteiger partial charge in [-0.3, -0.25) is 14.7 Å². The molecule has 35 heavy (non-hydrogen) atoms. The Kier molecular flexibility index (Phi) is 7.25. The molecular weight excluding hydrogens is 442 g/mol. The Labute approximate surface area is 207 Å². The van der Waals surface area contributed by atoms with Crippen molar-refractivity contribution in [2.24, 2.45) is 15.7 Å². The highest BCUT2D eigenvalue weighted by Crippen LogP contribution is 2.38. The number of nitrogens with one attached hydrogen (secondary N) is 1. The largest absolute Gasteiger partial charge is 0.491 e. The van der Waals surface area contributed by atoms with Crippen molar-refractivity contribution in [2.45, 2.75) is 64.6 Å². The molecule has 0 saturated carbocycles. The first kappa shape index (κ1) is 24.9. The molecule has 2 aromatic rings. The van der Waals surface area contributed by atoms with E-state index in [1.54, 1.807) is 7.05 Å². The van der Waals surface area contributed by atoms with Crippen LogP contribution in [0.15, 0.2) is 34.4 Å². The Morgan fingerprint density at radius 1 is 1.29 bits per heavy atom. The highest BCUT2D eigenvalue weighted by molar-refractivity contribution is 6.01. The summed E-state index contributed by atoms with van der Waals surface area (Å²) in [6.07, 6.45) is 5.24. The van der Waals surface area contributed by atoms with Gasteiger partial charge < -0.3 is 20.4 Å². The first-order valence-electron chi connectivity index (χ1n) is 12.4. The lowest BCUT2D eigenvalue weighted by atomic mass is 9.86. The van der Waals surface area contributed by atoms with Gasteiger partial charge in [-0.15, -0.1) is 0 Å². The second-order valence-electron chi connectivity index (χ2n) is 9.97. The number of carbonyl (C=O) groups excluding carboxylic acids is 1. The van der Waals surface area contributed by atoms with Crippen LogP contribution in [0.3, 0.4) is 0 Å². The van der Waals surface area contributed by atoms with Gasteiger partial charge in [0.15, 0.2) is 5.84 Å². The van der Waals surface area contributed by atoms with E-state index in [-0.39, 0.29) is 11.9 Å². The molecule has 188 valence electrons. The molecule has 1 aromatic heterocycles. The summed E-state index contributed by atoms with van der Waals surface area (Å²) in [6, 6.07) is 6.56. The number of nitrogens with two attached hydrogens (primary N) is 1. The van der Waals surface area contributed by atoms with Crippen LogP contribution in [0, 0.1) is 0 Å². The van der Waals surface area contributed by atoms with Crippen LogP contribution in [0.25, 0.3) is 11.4 Å². The number of ether oxygens (including phenoxy) is 1. The number of rotatable bonds is 5. The quantitative estimate of drug-likeness (QED) is 0.506. The number of amides is 1. The number of nitrogens with zero attached hydrogens (tertiary/aromatic N) is 5. The fourth-order valence-corrected chi connectivity index (χ4v) is 4.96. The molecule has 3 N–H and O–H groups in total. The normalized spacial score (nSPS) is 17.7. The van der Waals surface area contributed by atoms with Gasteiger partial charge >= 0.3 is 0 Å². The van der Waals surface area contributed by atoms with E-state index in [1.807, 2.05) is 33.9 Å². The van der Waals surface area contributed by atoms with E-state index in [0.29, 0.717) is 30.6 Å². The van der Waals surface area contributed by atoms with E-state index in [4.69, 9.17) is 15.5 Å². The summed E-state index contributed by atoms with van der Waals surface area (Å²) in [5, 5.41) is 2.79. The Hall–Kier alpha value is -3.20. The van der Waals surface area contributed by atoms with Crippen LogP contribution in [-0.2, 0) is 11.3 Å². The standard InChI is InChI=1S/C26H37N7O2/c1-17(2)30-23(29-16-27)21-15-32-12-13-35-22-14-19(6-7-20(22)24(32)31-21)18-8-10-33(11-9-18)26(3,4)25(34)28-5/h6-7,14-18H,8-13H2,1-5H3,(H,28,34)(H2,27,29,30). The minimum absolute atomic E-state index is 0.0583. The number of benzene rings is 1. The molecule has 0 unspecified atom stereocenters. The monoisotopic (exact) mass is 479 g/mol. The van der Waals surface area contributed by atoms with Gasteiger partial charge in [0.2, 0.25) is 5.91 Å². The molecule has 0 bridgehead atoms. The molecule has 1 amide bonds. The van der Waals surface area contributed by atoms with Crippen molar-refractivity contribution in [3.05, 3.63) is 35.7 Å². The van der Waals surface area contributed by atoms with Crippen LogP contribution in [-0.4, -0.2) is 70.9 Å². The van der Waals surface area contributed by atoms with E-state index >= 15 is 0 Å². The summed E-state index contributed by atoms with van der Waals surface area (Å²) in [6.45, 7) is 11.0. The summed E-state index contributed by atoms with van der Waals surface area (Å²) >= 11 is 0. The molecule has 4 rings (SSSR count). The number of piperidine rings is 1. The van der Waals surface area contributed by atoms with Crippen LogP contribution in [0.2, 0.25) is 0 Å². The van der Waals surface area contributed by atoms with Crippen molar-refractivity contribution >= 4 is 18.1 Å². The van der Waals surface area contributed by atoms with Gasteiger partial charge in [0.25, 0.3) is 0 Å². The number of hydrogen-bond acceptors (Lipinski definition) is 5. The van der Waals surface area contributed by atoms with Crippen molar-refractivity contribution < 1.29 is 9.53 Å². The number of likely N-dealkylation sites (N-methyl/N-ethyl adjacent to an activating group) is 1. The Balaban J connectivity index is 1.56. The number of carbonyl (C=O) groups is 1. The van der Waals surface area contributed by atoms with Crippen molar-refractivity contribution in [1.29, 1.82) is 0 Å². The van der Waals surface area contributed by atoms with Crippen LogP contribution in [0.4, 0.5) is 0 Å². The van der Waals surface area contributed by atoms with E-state index in [9.17, 15) is 4.79 Å². The molecule has 9 nitrogen and oxygen atoms in total. The number of aliphatic imine (C=N–C) groups is 2. The lowest BCUT2D eigenvalue weighted by molar-refractivity contribution is -0.131. The zero-order chi connectivity index (χ0) is 25.2. The average molecular weight is 480 g/mol. The first-order valence-corrected chi connectivity index (χ1v) is 12.4. The first-order chi connectivity index (χ1) is 16.7. The lowest BCUT2D eigenvalue weighted by Crippen LogP contribution is -2.56. The third-order valence-corrected chi connectivity index (χ3v) is 6.96. The molecule has 0 spiro atoms. The second-order valence-corrected chi connectivity index (χ2v) is 9.97. The number of likely N-dealkylation sites (tertiary alicyclic amines) is 1. The van der Waals surface area contributed by atoms with Gasteiger partial charge in [0, 0.05) is 19.3 Å². The van der Waals surface area contributed by atoms with Gasteiger partial charge in [-0.2, -0.15) is 0 Å². The van der Waals surface area contributed by atoms with Crippen LogP contribution < -0.4 is 15.8 Å². The maximum Gasteiger partial charge on any atom is 0.239 e. The third-order valence-electron chi connectivity index (χ3n) is 6.96. The second kappa shape index (κ2) is 10.2. The van der Waals surface area contributed by atoms with Crippen molar-refractivity contribution in [3.8, 4) is 17.1 Å². The average Bonchev–Trinajstić information content (AvgIpc) is 3.19. The lowest BCUT2D eigenvalue weighted by Gasteiger charge is -2.41. The Morgan fingerprint density at radius 2 is 2.03 bits per heavy atom. The molecule has 0 aliphatic carbocycles. The molecular formula is C26H37N7O2. The molecule has 1 aromatic carbocycles. The van der Waals surface area contributed by atoms with E-state index in [0.717, 1.165) is 43.1 Å². The molecule has 2 aliphatic rings. The summed E-state index contributed by atoms with van der Waals surface area (Å²) < 4.78 is 8.25. The van der Waals surface area contributed by atoms with E-state index in [1.165, 1.54) is 11.9 Å². The van der Waals surface area contributed by atoms with Gasteiger partial charge in [-0.1, -0.05) is 6.07 Å². The highest BCUT2D eigenvalue weighted by atomic mass is 16.5. The fourth-order valence-electron chi connectivity index (χ4n) is 4.96. The molecule has 0 atom stereocenters. The van der Waals surface area contributed by atoms with Crippen LogP contribution in [0.5, 0.6) is 5.75 Å². The number of aromatic nitrogens is 2. The highest BCUT2D eigenvalue weighted by Gasteiger charge is 2.36. The predicted octanol–water partition coefficient (Wildman–Crippen LogP) is 2.79. The number of fused-ring (bicyclic) bond motifs is 3. The third kappa shape index (κ3) is 5.10. The number of amidine groups is 1. The number of imidazole rings is 1. The molecule has 0 radical (unpaired) electrons. The smallest absolute Gasteiger partial charge is 0.239 e. The van der Waals surface area contributed by atoms with Crippen LogP contribution >= 0.6 is 0 Å². The predicted molar refractivity (Wildman–Crippen MR) is 139 cm³/mol. The van der Waals surface area contributed by atoms with E-state index in [2.05, 4.69) is 43.0 Å². The summed E-state index contributed by atoms with van der Waals surface area (Å²) in [5.74, 6) is 2.74. The fraction of sp³-hybridized carbons (Fsp3) is 0.538. The minimum Gasteiger partial charge on any atom is -0.491 e. The van der Waals surface area contributed by atoms with Crippen molar-refractivity contribution in [3.63, 3.8) is 0 Å². The van der Waals surface area contributed by atoms with Crippen molar-refractivity contribution in [1.82, 2.24) is 19.8 Å². The number of hydrogen-bond donors (Lipinski definition) is 2. The van der Waals surface area contributed by atoms with Gasteiger partial charge in [0.1, 0.15) is 23.9 Å². The van der Waals surface area contributed by atoms with Gasteiger partial charge in [-0.05, 0) is 77.2 Å². The Bertz CT molecular complexity index is 1120. The SMILES string of the molecule is CNC(=O)C(C)(C)N1CCC(c2ccc3c(c2)OCCn2cc(C(N=CN)=NC(C)C)nc2-3)CC1. The zero-order valence-electron chi connectivity index (χ0n) is 21.4. The molecule has 2 aliphatic heterocycles. The summed E-state index contributed by atoms with van der Waals surface area (Å²) in [7, 11) is 1.70.